The largest absolute Gasteiger partial charge is 0.457 e. The van der Waals surface area contributed by atoms with Gasteiger partial charge in [-0.3, -0.25) is 0 Å². The van der Waals surface area contributed by atoms with Crippen molar-refractivity contribution < 1.29 is 28.6 Å². The molecule has 210 valence electrons. The number of hydrogen-bond donors (Lipinski definition) is 0. The van der Waals surface area contributed by atoms with Crippen molar-refractivity contribution in [3.63, 3.8) is 0 Å². The third kappa shape index (κ3) is 8.02. The molecule has 0 atom stereocenters. The van der Waals surface area contributed by atoms with E-state index in [4.69, 9.17) is 14.2 Å². The molecule has 6 nitrogen and oxygen atoms in total. The van der Waals surface area contributed by atoms with Crippen molar-refractivity contribution in [1.82, 2.24) is 0 Å². The first-order chi connectivity index (χ1) is 20.4. The number of carbonyl (C=O) groups is 3. The van der Waals surface area contributed by atoms with Gasteiger partial charge in [-0.1, -0.05) is 111 Å². The van der Waals surface area contributed by atoms with E-state index in [0.29, 0.717) is 0 Å². The predicted octanol–water partition coefficient (Wildman–Crippen LogP) is 7.69. The summed E-state index contributed by atoms with van der Waals surface area (Å²) in [6.45, 7) is 11.2. The topological polar surface area (TPSA) is 78.9 Å². The van der Waals surface area contributed by atoms with Crippen LogP contribution in [0.2, 0.25) is 0 Å². The summed E-state index contributed by atoms with van der Waals surface area (Å²) in [4.78, 5) is 39.0. The van der Waals surface area contributed by atoms with E-state index in [1.165, 1.54) is 18.2 Å². The highest BCUT2D eigenvalue weighted by atomic mass is 16.5. The van der Waals surface area contributed by atoms with Gasteiger partial charge in [0.1, 0.15) is 19.8 Å². The average Bonchev–Trinajstić information content (AvgIpc) is 3.05. The summed E-state index contributed by atoms with van der Waals surface area (Å²) < 4.78 is 16.4. The van der Waals surface area contributed by atoms with E-state index in [1.54, 1.807) is 18.2 Å². The fraction of sp³-hybridized carbons (Fsp3) is 0.0833. The monoisotopic (exact) mass is 558 g/mol. The highest BCUT2D eigenvalue weighted by Crippen LogP contribution is 2.18. The quantitative estimate of drug-likeness (QED) is 0.131. The lowest BCUT2D eigenvalue weighted by atomic mass is 10.1. The third-order valence-electron chi connectivity index (χ3n) is 6.40. The van der Waals surface area contributed by atoms with Gasteiger partial charge in [0.2, 0.25) is 0 Å². The van der Waals surface area contributed by atoms with Gasteiger partial charge >= 0.3 is 17.9 Å². The molecule has 0 saturated heterocycles. The Morgan fingerprint density at radius 3 is 0.905 bits per heavy atom. The number of hydrogen-bond acceptors (Lipinski definition) is 6. The smallest absolute Gasteiger partial charge is 0.338 e. The molecule has 0 aliphatic rings. The minimum atomic E-state index is -0.702. The van der Waals surface area contributed by atoms with E-state index in [1.807, 2.05) is 72.8 Å². The lowest BCUT2D eigenvalue weighted by molar-refractivity contribution is 0.0468. The lowest BCUT2D eigenvalue weighted by Crippen LogP contribution is -2.13. The third-order valence-corrected chi connectivity index (χ3v) is 6.40. The van der Waals surface area contributed by atoms with Gasteiger partial charge in [-0.2, -0.15) is 0 Å². The Bertz CT molecular complexity index is 1390. The van der Waals surface area contributed by atoms with E-state index < -0.39 is 17.9 Å². The van der Waals surface area contributed by atoms with Gasteiger partial charge in [0, 0.05) is 0 Å². The van der Waals surface area contributed by atoms with Gasteiger partial charge in [-0.15, -0.1) is 0 Å². The van der Waals surface area contributed by atoms with Gasteiger partial charge in [0.15, 0.2) is 0 Å². The Morgan fingerprint density at radius 2 is 0.690 bits per heavy atom. The molecule has 0 aliphatic heterocycles. The second-order valence-corrected chi connectivity index (χ2v) is 9.36. The van der Waals surface area contributed by atoms with E-state index in [0.717, 1.165) is 33.4 Å². The molecule has 4 rings (SSSR count). The van der Waals surface area contributed by atoms with Crippen LogP contribution < -0.4 is 0 Å². The van der Waals surface area contributed by atoms with Crippen LogP contribution in [-0.2, 0) is 34.0 Å². The molecule has 0 saturated carbocycles. The zero-order valence-corrected chi connectivity index (χ0v) is 23.1. The van der Waals surface area contributed by atoms with E-state index >= 15 is 0 Å². The van der Waals surface area contributed by atoms with Crippen LogP contribution in [0.15, 0.2) is 111 Å². The molecular weight excluding hydrogens is 528 g/mol. The Morgan fingerprint density at radius 1 is 0.452 bits per heavy atom. The highest BCUT2D eigenvalue weighted by Gasteiger charge is 2.19. The number of rotatable bonds is 12. The molecule has 0 unspecified atom stereocenters. The maximum atomic E-state index is 13.0. The van der Waals surface area contributed by atoms with Crippen molar-refractivity contribution >= 4 is 36.1 Å². The van der Waals surface area contributed by atoms with Crippen molar-refractivity contribution in [2.24, 2.45) is 0 Å². The lowest BCUT2D eigenvalue weighted by Gasteiger charge is -2.11. The molecule has 0 aliphatic carbocycles. The fourth-order valence-corrected chi connectivity index (χ4v) is 3.93. The summed E-state index contributed by atoms with van der Waals surface area (Å²) in [7, 11) is 0. The first-order valence-corrected chi connectivity index (χ1v) is 13.2. The average molecular weight is 559 g/mol. The fourth-order valence-electron chi connectivity index (χ4n) is 3.93. The maximum Gasteiger partial charge on any atom is 0.338 e. The summed E-state index contributed by atoms with van der Waals surface area (Å²) in [5.41, 5.74) is 5.19. The number of benzene rings is 4. The summed E-state index contributed by atoms with van der Waals surface area (Å²) >= 11 is 0. The Labute approximate surface area is 245 Å². The van der Waals surface area contributed by atoms with Gasteiger partial charge in [-0.25, -0.2) is 14.4 Å². The molecule has 0 radical (unpaired) electrons. The van der Waals surface area contributed by atoms with Gasteiger partial charge in [0.25, 0.3) is 0 Å². The van der Waals surface area contributed by atoms with E-state index in [-0.39, 0.29) is 36.5 Å². The van der Waals surface area contributed by atoms with Crippen molar-refractivity contribution in [2.75, 3.05) is 0 Å². The van der Waals surface area contributed by atoms with Crippen molar-refractivity contribution in [3.05, 3.63) is 161 Å². The van der Waals surface area contributed by atoms with Gasteiger partial charge in [-0.05, 0) is 51.6 Å². The molecule has 0 spiro atoms. The molecule has 4 aromatic carbocycles. The van der Waals surface area contributed by atoms with Crippen LogP contribution in [0, 0.1) is 0 Å². The Kier molecular flexibility index (Phi) is 9.99. The normalized spacial score (nSPS) is 10.3. The van der Waals surface area contributed by atoms with Crippen LogP contribution in [0.1, 0.15) is 64.5 Å². The van der Waals surface area contributed by atoms with Gasteiger partial charge in [0.05, 0.1) is 16.7 Å². The standard InChI is InChI=1S/C36H30O6/c1-4-25-7-13-28(14-8-25)22-40-34(37)31-19-32(35(38)41-23-29-15-9-26(5-2)10-16-29)21-33(20-31)36(39)42-24-30-17-11-27(6-3)12-18-30/h4-21H,1-3,22-24H2. The van der Waals surface area contributed by atoms with Crippen LogP contribution in [0.4, 0.5) is 0 Å². The molecule has 4 aromatic rings. The van der Waals surface area contributed by atoms with Crippen molar-refractivity contribution in [2.45, 2.75) is 19.8 Å². The molecule has 0 bridgehead atoms. The molecule has 0 fully saturated rings. The van der Waals surface area contributed by atoms with Crippen LogP contribution in [0.25, 0.3) is 18.2 Å². The first kappa shape index (κ1) is 29.5. The maximum absolute atomic E-state index is 13.0. The molecule has 42 heavy (non-hydrogen) atoms. The van der Waals surface area contributed by atoms with E-state index in [2.05, 4.69) is 19.7 Å². The SMILES string of the molecule is C=Cc1ccc(COC(=O)c2cc(C(=O)OCc3ccc(C=C)cc3)cc(C(=O)OCc3ccc(C=C)cc3)c2)cc1. The minimum absolute atomic E-state index is 0.00607. The molecular formula is C36H30O6. The van der Waals surface area contributed by atoms with Crippen molar-refractivity contribution in [3.8, 4) is 0 Å². The second-order valence-electron chi connectivity index (χ2n) is 9.36. The molecule has 6 heteroatoms. The molecule has 0 aromatic heterocycles. The number of esters is 3. The zero-order chi connectivity index (χ0) is 29.9. The van der Waals surface area contributed by atoms with E-state index in [9.17, 15) is 14.4 Å². The molecule has 0 heterocycles. The van der Waals surface area contributed by atoms with Crippen molar-refractivity contribution in [1.29, 1.82) is 0 Å². The van der Waals surface area contributed by atoms with Crippen LogP contribution in [0.3, 0.4) is 0 Å². The summed E-state index contributed by atoms with van der Waals surface area (Å²) in [6, 6.07) is 26.1. The zero-order valence-electron chi connectivity index (χ0n) is 23.1. The summed E-state index contributed by atoms with van der Waals surface area (Å²) in [5, 5.41) is 0. The predicted molar refractivity (Wildman–Crippen MR) is 163 cm³/mol. The first-order valence-electron chi connectivity index (χ1n) is 13.2. The van der Waals surface area contributed by atoms with Gasteiger partial charge < -0.3 is 14.2 Å². The molecule has 0 N–H and O–H groups in total. The number of ether oxygens (including phenoxy) is 3. The minimum Gasteiger partial charge on any atom is -0.457 e. The van der Waals surface area contributed by atoms with Crippen LogP contribution in [-0.4, -0.2) is 17.9 Å². The number of carbonyl (C=O) groups excluding carboxylic acids is 3. The highest BCUT2D eigenvalue weighted by molar-refractivity contribution is 6.00. The van der Waals surface area contributed by atoms with Crippen LogP contribution >= 0.6 is 0 Å². The summed E-state index contributed by atoms with van der Waals surface area (Å²) in [6.07, 6.45) is 5.15. The Hall–Kier alpha value is -5.49. The second kappa shape index (κ2) is 14.2. The molecule has 0 amide bonds. The Balaban J connectivity index is 1.51. The summed E-state index contributed by atoms with van der Waals surface area (Å²) in [5.74, 6) is -2.11. The van der Waals surface area contributed by atoms with Crippen LogP contribution in [0.5, 0.6) is 0 Å².